The molecule has 0 unspecified atom stereocenters. The maximum Gasteiger partial charge on any atom is 0.191 e. The Balaban J connectivity index is 1.48. The summed E-state index contributed by atoms with van der Waals surface area (Å²) in [5.41, 5.74) is 4.41. The second-order valence-corrected chi connectivity index (χ2v) is 8.01. The van der Waals surface area contributed by atoms with E-state index in [1.165, 1.54) is 18.4 Å². The molecule has 1 aliphatic rings. The van der Waals surface area contributed by atoms with Crippen molar-refractivity contribution in [2.75, 3.05) is 0 Å². The van der Waals surface area contributed by atoms with Crippen molar-refractivity contribution in [1.82, 2.24) is 24.5 Å². The van der Waals surface area contributed by atoms with E-state index in [0.29, 0.717) is 6.04 Å². The molecule has 0 atom stereocenters. The number of para-hydroxylation sites is 1. The number of thioether (sulfide) groups is 1. The minimum atomic E-state index is 0.582. The predicted molar refractivity (Wildman–Crippen MR) is 112 cm³/mol. The fourth-order valence-corrected chi connectivity index (χ4v) is 4.43. The highest BCUT2D eigenvalue weighted by molar-refractivity contribution is 7.98. The highest BCUT2D eigenvalue weighted by atomic mass is 32.2. The fraction of sp³-hybridized carbons (Fsp3) is 0.227. The van der Waals surface area contributed by atoms with Crippen LogP contribution in [0.4, 0.5) is 0 Å². The summed E-state index contributed by atoms with van der Waals surface area (Å²) < 4.78 is 4.25. The predicted octanol–water partition coefficient (Wildman–Crippen LogP) is 5.07. The molecule has 2 aromatic heterocycles. The standard InChI is InChI=1S/C22H21N5S/c1-16-23-24-22(27(16)20-12-13-20)28-15-18-14-26(19-10-6-3-7-11-19)25-21(18)17-8-4-2-5-9-17/h2-11,14,20H,12-13,15H2,1H3. The molecule has 6 heteroatoms. The molecule has 2 aromatic carbocycles. The van der Waals surface area contributed by atoms with Crippen molar-refractivity contribution in [3.05, 3.63) is 78.2 Å². The van der Waals surface area contributed by atoms with E-state index >= 15 is 0 Å². The van der Waals surface area contributed by atoms with E-state index in [0.717, 1.165) is 33.7 Å². The molecule has 1 saturated carbocycles. The van der Waals surface area contributed by atoms with Gasteiger partial charge in [-0.25, -0.2) is 4.68 Å². The highest BCUT2D eigenvalue weighted by Crippen LogP contribution is 2.39. The Morgan fingerprint density at radius 2 is 1.68 bits per heavy atom. The number of aryl methyl sites for hydroxylation is 1. The van der Waals surface area contributed by atoms with Crippen LogP contribution in [0.5, 0.6) is 0 Å². The zero-order valence-corrected chi connectivity index (χ0v) is 16.5. The Morgan fingerprint density at radius 1 is 0.964 bits per heavy atom. The molecular formula is C22H21N5S. The second kappa shape index (κ2) is 7.28. The number of hydrogen-bond donors (Lipinski definition) is 0. The van der Waals surface area contributed by atoms with Crippen molar-refractivity contribution >= 4 is 11.8 Å². The summed E-state index contributed by atoms with van der Waals surface area (Å²) in [6.45, 7) is 2.04. The van der Waals surface area contributed by atoms with Crippen molar-refractivity contribution in [2.24, 2.45) is 0 Å². The lowest BCUT2D eigenvalue weighted by atomic mass is 10.1. The second-order valence-electron chi connectivity index (χ2n) is 7.07. The normalized spacial score (nSPS) is 13.8. The number of nitrogens with zero attached hydrogens (tertiary/aromatic N) is 5. The smallest absolute Gasteiger partial charge is 0.191 e. The lowest BCUT2D eigenvalue weighted by molar-refractivity contribution is 0.644. The third-order valence-electron chi connectivity index (χ3n) is 4.96. The molecule has 140 valence electrons. The van der Waals surface area contributed by atoms with Crippen LogP contribution in [0.2, 0.25) is 0 Å². The third-order valence-corrected chi connectivity index (χ3v) is 5.95. The summed E-state index contributed by atoms with van der Waals surface area (Å²) in [5.74, 6) is 1.82. The molecule has 5 nitrogen and oxygen atoms in total. The van der Waals surface area contributed by atoms with Crippen LogP contribution >= 0.6 is 11.8 Å². The van der Waals surface area contributed by atoms with Gasteiger partial charge in [-0.3, -0.25) is 0 Å². The molecule has 4 aromatic rings. The Morgan fingerprint density at radius 3 is 2.39 bits per heavy atom. The molecule has 5 rings (SSSR count). The molecule has 0 saturated heterocycles. The van der Waals surface area contributed by atoms with Gasteiger partial charge in [0.05, 0.1) is 11.4 Å². The van der Waals surface area contributed by atoms with Gasteiger partial charge >= 0.3 is 0 Å². The molecule has 1 fully saturated rings. The van der Waals surface area contributed by atoms with Gasteiger partial charge < -0.3 is 4.57 Å². The van der Waals surface area contributed by atoms with Gasteiger partial charge in [-0.1, -0.05) is 60.3 Å². The fourth-order valence-electron chi connectivity index (χ4n) is 3.41. The topological polar surface area (TPSA) is 48.5 Å². The van der Waals surface area contributed by atoms with E-state index in [2.05, 4.69) is 57.4 Å². The largest absolute Gasteiger partial charge is 0.303 e. The summed E-state index contributed by atoms with van der Waals surface area (Å²) >= 11 is 1.74. The Hall–Kier alpha value is -2.86. The molecule has 0 N–H and O–H groups in total. The maximum absolute atomic E-state index is 4.90. The number of rotatable bonds is 6. The Kier molecular flexibility index (Phi) is 4.49. The van der Waals surface area contributed by atoms with Crippen molar-refractivity contribution < 1.29 is 0 Å². The molecule has 0 radical (unpaired) electrons. The van der Waals surface area contributed by atoms with Crippen molar-refractivity contribution in [1.29, 1.82) is 0 Å². The van der Waals surface area contributed by atoms with Crippen LogP contribution in [-0.2, 0) is 5.75 Å². The summed E-state index contributed by atoms with van der Waals surface area (Å²) in [7, 11) is 0. The Labute approximate surface area is 168 Å². The Bertz CT molecular complexity index is 1080. The van der Waals surface area contributed by atoms with Crippen LogP contribution in [0.25, 0.3) is 16.9 Å². The summed E-state index contributed by atoms with van der Waals surface area (Å²) in [6.07, 6.45) is 4.59. The minimum Gasteiger partial charge on any atom is -0.303 e. The third kappa shape index (κ3) is 3.36. The van der Waals surface area contributed by atoms with Crippen LogP contribution in [0.3, 0.4) is 0 Å². The van der Waals surface area contributed by atoms with Crippen LogP contribution in [0.15, 0.2) is 72.0 Å². The quantitative estimate of drug-likeness (QED) is 0.434. The number of benzene rings is 2. The lowest BCUT2D eigenvalue weighted by Gasteiger charge is -2.06. The van der Waals surface area contributed by atoms with E-state index in [1.54, 1.807) is 11.8 Å². The maximum atomic E-state index is 4.90. The first kappa shape index (κ1) is 17.3. The van der Waals surface area contributed by atoms with E-state index < -0.39 is 0 Å². The number of hydrogen-bond acceptors (Lipinski definition) is 4. The van der Waals surface area contributed by atoms with Crippen LogP contribution < -0.4 is 0 Å². The first-order valence-corrected chi connectivity index (χ1v) is 10.5. The molecule has 1 aliphatic carbocycles. The van der Waals surface area contributed by atoms with Gasteiger partial charge in [0.2, 0.25) is 0 Å². The van der Waals surface area contributed by atoms with Crippen LogP contribution in [-0.4, -0.2) is 24.5 Å². The molecule has 0 spiro atoms. The van der Waals surface area contributed by atoms with Crippen molar-refractivity contribution in [2.45, 2.75) is 36.7 Å². The van der Waals surface area contributed by atoms with E-state index in [1.807, 2.05) is 35.9 Å². The first-order valence-electron chi connectivity index (χ1n) is 9.53. The SMILES string of the molecule is Cc1nnc(SCc2cn(-c3ccccc3)nc2-c2ccccc2)n1C1CC1. The van der Waals surface area contributed by atoms with Gasteiger partial charge in [-0.15, -0.1) is 10.2 Å². The molecule has 28 heavy (non-hydrogen) atoms. The van der Waals surface area contributed by atoms with Crippen LogP contribution in [0.1, 0.15) is 30.3 Å². The minimum absolute atomic E-state index is 0.582. The zero-order valence-electron chi connectivity index (χ0n) is 15.7. The van der Waals surface area contributed by atoms with Gasteiger partial charge in [-0.2, -0.15) is 5.10 Å². The van der Waals surface area contributed by atoms with E-state index in [4.69, 9.17) is 5.10 Å². The highest BCUT2D eigenvalue weighted by Gasteiger charge is 2.28. The molecule has 0 bridgehead atoms. The van der Waals surface area contributed by atoms with Gasteiger partial charge in [0.1, 0.15) is 5.82 Å². The average Bonchev–Trinajstić information content (AvgIpc) is 3.37. The van der Waals surface area contributed by atoms with Crippen molar-refractivity contribution in [3.63, 3.8) is 0 Å². The van der Waals surface area contributed by atoms with Crippen LogP contribution in [0, 0.1) is 6.92 Å². The monoisotopic (exact) mass is 387 g/mol. The van der Waals surface area contributed by atoms with Gasteiger partial charge in [-0.05, 0) is 31.9 Å². The molecule has 0 aliphatic heterocycles. The first-order chi connectivity index (χ1) is 13.8. The van der Waals surface area contributed by atoms with Gasteiger partial charge in [0.15, 0.2) is 5.16 Å². The molecular weight excluding hydrogens is 366 g/mol. The summed E-state index contributed by atoms with van der Waals surface area (Å²) in [6, 6.07) is 21.2. The molecule has 0 amide bonds. The van der Waals surface area contributed by atoms with Gasteiger partial charge in [0, 0.05) is 29.1 Å². The van der Waals surface area contributed by atoms with Gasteiger partial charge in [0.25, 0.3) is 0 Å². The average molecular weight is 388 g/mol. The summed E-state index contributed by atoms with van der Waals surface area (Å²) in [4.78, 5) is 0. The lowest BCUT2D eigenvalue weighted by Crippen LogP contribution is -1.99. The summed E-state index contributed by atoms with van der Waals surface area (Å²) in [5, 5.41) is 14.6. The molecule has 2 heterocycles. The van der Waals surface area contributed by atoms with E-state index in [9.17, 15) is 0 Å². The van der Waals surface area contributed by atoms with E-state index in [-0.39, 0.29) is 0 Å². The number of aromatic nitrogens is 5. The zero-order chi connectivity index (χ0) is 18.9. The van der Waals surface area contributed by atoms with Crippen molar-refractivity contribution in [3.8, 4) is 16.9 Å².